The fraction of sp³-hybridized carbons (Fsp3) is 0.394. The molecule has 0 spiro atoms. The number of fused-ring (bicyclic) bond motifs is 2. The first-order valence-corrected chi connectivity index (χ1v) is 15.2. The number of nitrogens with zero attached hydrogens (tertiary/aromatic N) is 4. The van der Waals surface area contributed by atoms with Crippen LogP contribution in [-0.4, -0.2) is 61.7 Å². The Hall–Kier alpha value is -3.33. The van der Waals surface area contributed by atoms with Crippen molar-refractivity contribution in [3.63, 3.8) is 0 Å². The summed E-state index contributed by atoms with van der Waals surface area (Å²) >= 11 is 1.87. The summed E-state index contributed by atoms with van der Waals surface area (Å²) in [4.78, 5) is 13.2. The van der Waals surface area contributed by atoms with Crippen molar-refractivity contribution in [1.29, 1.82) is 0 Å². The third-order valence-electron chi connectivity index (χ3n) is 8.35. The van der Waals surface area contributed by atoms with Crippen LogP contribution in [-0.2, 0) is 13.0 Å². The summed E-state index contributed by atoms with van der Waals surface area (Å²) in [5.74, 6) is 3.21. The van der Waals surface area contributed by atoms with Crippen LogP contribution < -0.4 is 19.7 Å². The number of aromatic nitrogens is 2. The lowest BCUT2D eigenvalue weighted by Crippen LogP contribution is -2.32. The molecular formula is C33H39N5O2S. The standard InChI is InChI=1S/C33H39N5O2S/c1-22-15-26(25-6-8-30(39-3)31(18-25)40-4)17-29-32(22)35-21-36-33(29)38-14-11-24-5-7-28(16-27(24)20-38)41-37(2)19-23-9-12-34-13-10-23/h5-8,15-18,21,23,34H,9-14,19-20H2,1-4H3. The molecule has 0 unspecified atom stereocenters. The van der Waals surface area contributed by atoms with E-state index in [-0.39, 0.29) is 0 Å². The molecule has 41 heavy (non-hydrogen) atoms. The number of ether oxygens (including phenoxy) is 2. The zero-order valence-corrected chi connectivity index (χ0v) is 25.3. The average molecular weight is 570 g/mol. The zero-order valence-electron chi connectivity index (χ0n) is 24.4. The maximum absolute atomic E-state index is 5.57. The van der Waals surface area contributed by atoms with Crippen LogP contribution in [0, 0.1) is 12.8 Å². The molecule has 1 aromatic heterocycles. The SMILES string of the molecule is COc1ccc(-c2cc(C)c3ncnc(N4CCc5ccc(SN(C)CC6CCNCC6)cc5C4)c3c2)cc1OC. The van der Waals surface area contributed by atoms with E-state index in [1.807, 2.05) is 24.1 Å². The molecule has 0 bridgehead atoms. The Kier molecular flexibility index (Phi) is 8.32. The second kappa shape index (κ2) is 12.3. The second-order valence-electron chi connectivity index (χ2n) is 11.2. The molecule has 4 aromatic rings. The molecule has 1 fully saturated rings. The number of methoxy groups -OCH3 is 2. The molecule has 1 saturated heterocycles. The topological polar surface area (TPSA) is 62.8 Å². The van der Waals surface area contributed by atoms with Gasteiger partial charge in [0.15, 0.2) is 11.5 Å². The van der Waals surface area contributed by atoms with Gasteiger partial charge >= 0.3 is 0 Å². The zero-order chi connectivity index (χ0) is 28.3. The molecule has 8 heteroatoms. The van der Waals surface area contributed by atoms with Crippen molar-refractivity contribution in [2.24, 2.45) is 5.92 Å². The Labute approximate surface area is 247 Å². The Bertz CT molecular complexity index is 1540. The highest BCUT2D eigenvalue weighted by atomic mass is 32.2. The van der Waals surface area contributed by atoms with Crippen LogP contribution in [0.2, 0.25) is 0 Å². The van der Waals surface area contributed by atoms with Gasteiger partial charge in [0.05, 0.1) is 19.7 Å². The van der Waals surface area contributed by atoms with Gasteiger partial charge in [0, 0.05) is 29.9 Å². The van der Waals surface area contributed by atoms with Gasteiger partial charge in [0.1, 0.15) is 12.1 Å². The van der Waals surface area contributed by atoms with E-state index in [0.717, 1.165) is 90.0 Å². The first kappa shape index (κ1) is 27.8. The maximum atomic E-state index is 5.57. The highest BCUT2D eigenvalue weighted by Crippen LogP contribution is 2.37. The average Bonchev–Trinajstić information content (AvgIpc) is 3.00. The van der Waals surface area contributed by atoms with Crippen LogP contribution in [0.1, 0.15) is 29.5 Å². The van der Waals surface area contributed by atoms with Crippen LogP contribution in [0.5, 0.6) is 11.5 Å². The predicted molar refractivity (Wildman–Crippen MR) is 168 cm³/mol. The Morgan fingerprint density at radius 2 is 1.78 bits per heavy atom. The lowest BCUT2D eigenvalue weighted by Gasteiger charge is -2.31. The van der Waals surface area contributed by atoms with Gasteiger partial charge in [-0.3, -0.25) is 0 Å². The van der Waals surface area contributed by atoms with Gasteiger partial charge in [-0.05, 0) is 128 Å². The number of anilines is 1. The third kappa shape index (κ3) is 6.01. The second-order valence-corrected chi connectivity index (χ2v) is 12.4. The van der Waals surface area contributed by atoms with E-state index in [4.69, 9.17) is 14.5 Å². The van der Waals surface area contributed by atoms with E-state index in [1.165, 1.54) is 28.9 Å². The summed E-state index contributed by atoms with van der Waals surface area (Å²) in [6.45, 7) is 7.31. The smallest absolute Gasteiger partial charge is 0.161 e. The van der Waals surface area contributed by atoms with Gasteiger partial charge < -0.3 is 19.7 Å². The molecule has 0 saturated carbocycles. The summed E-state index contributed by atoms with van der Waals surface area (Å²) in [7, 11) is 5.56. The van der Waals surface area contributed by atoms with Gasteiger partial charge in [-0.2, -0.15) is 0 Å². The molecule has 2 aliphatic rings. The van der Waals surface area contributed by atoms with E-state index in [9.17, 15) is 0 Å². The van der Waals surface area contributed by atoms with E-state index in [1.54, 1.807) is 20.5 Å². The van der Waals surface area contributed by atoms with Gasteiger partial charge in [-0.25, -0.2) is 14.3 Å². The van der Waals surface area contributed by atoms with Crippen molar-refractivity contribution >= 4 is 28.7 Å². The van der Waals surface area contributed by atoms with Gasteiger partial charge in [-0.15, -0.1) is 0 Å². The van der Waals surface area contributed by atoms with Gasteiger partial charge in [0.2, 0.25) is 0 Å². The highest BCUT2D eigenvalue weighted by Gasteiger charge is 2.22. The Morgan fingerprint density at radius 1 is 0.951 bits per heavy atom. The predicted octanol–water partition coefficient (Wildman–Crippen LogP) is 6.12. The largest absolute Gasteiger partial charge is 0.493 e. The van der Waals surface area contributed by atoms with E-state index in [2.05, 4.69) is 69.9 Å². The lowest BCUT2D eigenvalue weighted by molar-refractivity contribution is 0.323. The molecular weight excluding hydrogens is 530 g/mol. The first-order valence-electron chi connectivity index (χ1n) is 14.5. The fourth-order valence-electron chi connectivity index (χ4n) is 6.18. The Morgan fingerprint density at radius 3 is 2.59 bits per heavy atom. The van der Waals surface area contributed by atoms with Crippen molar-refractivity contribution in [1.82, 2.24) is 19.6 Å². The summed E-state index contributed by atoms with van der Waals surface area (Å²) in [6, 6.07) is 17.5. The fourth-order valence-corrected chi connectivity index (χ4v) is 7.15. The highest BCUT2D eigenvalue weighted by molar-refractivity contribution is 7.97. The van der Waals surface area contributed by atoms with Crippen LogP contribution in [0.25, 0.3) is 22.0 Å². The quantitative estimate of drug-likeness (QED) is 0.255. The van der Waals surface area contributed by atoms with Crippen molar-refractivity contribution in [3.8, 4) is 22.6 Å². The molecule has 0 aliphatic carbocycles. The van der Waals surface area contributed by atoms with Gasteiger partial charge in [-0.1, -0.05) is 12.1 Å². The summed E-state index contributed by atoms with van der Waals surface area (Å²) < 4.78 is 13.4. The van der Waals surface area contributed by atoms with Crippen LogP contribution >= 0.6 is 11.9 Å². The summed E-state index contributed by atoms with van der Waals surface area (Å²) in [6.07, 6.45) is 5.25. The number of nitrogens with one attached hydrogen (secondary N) is 1. The minimum Gasteiger partial charge on any atom is -0.493 e. The van der Waals surface area contributed by atoms with Crippen molar-refractivity contribution in [2.45, 2.75) is 37.6 Å². The van der Waals surface area contributed by atoms with Gasteiger partial charge in [0.25, 0.3) is 0 Å². The number of aryl methyl sites for hydroxylation is 1. The number of hydrogen-bond donors (Lipinski definition) is 1. The number of hydrogen-bond acceptors (Lipinski definition) is 8. The van der Waals surface area contributed by atoms with Crippen molar-refractivity contribution in [3.05, 3.63) is 71.5 Å². The molecule has 3 heterocycles. The summed E-state index contributed by atoms with van der Waals surface area (Å²) in [5, 5.41) is 4.55. The molecule has 3 aromatic carbocycles. The number of benzene rings is 3. The minimum absolute atomic E-state index is 0.718. The molecule has 7 nitrogen and oxygen atoms in total. The maximum Gasteiger partial charge on any atom is 0.161 e. The number of rotatable bonds is 8. The van der Waals surface area contributed by atoms with Crippen molar-refractivity contribution < 1.29 is 9.47 Å². The van der Waals surface area contributed by atoms with Crippen LogP contribution in [0.4, 0.5) is 5.82 Å². The summed E-state index contributed by atoms with van der Waals surface area (Å²) in [5.41, 5.74) is 7.13. The molecule has 6 rings (SSSR count). The Balaban J connectivity index is 1.26. The van der Waals surface area contributed by atoms with Crippen LogP contribution in [0.15, 0.2) is 59.8 Å². The third-order valence-corrected chi connectivity index (χ3v) is 9.28. The molecule has 0 radical (unpaired) electrons. The molecule has 0 atom stereocenters. The number of piperidine rings is 1. The molecule has 2 aliphatic heterocycles. The van der Waals surface area contributed by atoms with E-state index >= 15 is 0 Å². The van der Waals surface area contributed by atoms with Crippen molar-refractivity contribution in [2.75, 3.05) is 52.3 Å². The van der Waals surface area contributed by atoms with Crippen LogP contribution in [0.3, 0.4) is 0 Å². The molecule has 0 amide bonds. The van der Waals surface area contributed by atoms with E-state index < -0.39 is 0 Å². The molecule has 214 valence electrons. The minimum atomic E-state index is 0.718. The van der Waals surface area contributed by atoms with E-state index in [0.29, 0.717) is 0 Å². The normalized spacial score (nSPS) is 15.8. The first-order chi connectivity index (χ1) is 20.0. The monoisotopic (exact) mass is 569 g/mol. The lowest BCUT2D eigenvalue weighted by atomic mass is 9.97. The molecule has 1 N–H and O–H groups in total.